The smallest absolute Gasteiger partial charge is 0.319 e. The van der Waals surface area contributed by atoms with Crippen LogP contribution in [0.3, 0.4) is 0 Å². The van der Waals surface area contributed by atoms with Crippen molar-refractivity contribution >= 4 is 30.4 Å². The van der Waals surface area contributed by atoms with Crippen molar-refractivity contribution in [3.05, 3.63) is 115 Å². The first-order valence-corrected chi connectivity index (χ1v) is 20.8. The predicted molar refractivity (Wildman–Crippen MR) is 216 cm³/mol. The largest absolute Gasteiger partial charge is 0.534 e. The molecule has 0 spiro atoms. The summed E-state index contributed by atoms with van der Waals surface area (Å²) in [7, 11) is -2.71. The third-order valence-corrected chi connectivity index (χ3v) is 15.0. The number of piperidine rings is 1. The topological polar surface area (TPSA) is 86.3 Å². The molecule has 0 radical (unpaired) electrons. The first-order valence-electron chi connectivity index (χ1n) is 18.9. The van der Waals surface area contributed by atoms with Gasteiger partial charge in [-0.3, -0.25) is 0 Å². The molecule has 0 aromatic heterocycles. The highest BCUT2D eigenvalue weighted by atomic mass is 28.4. The monoisotopic (exact) mass is 722 g/mol. The summed E-state index contributed by atoms with van der Waals surface area (Å²) in [6.45, 7) is 15.4. The van der Waals surface area contributed by atoms with Crippen LogP contribution in [-0.2, 0) is 6.42 Å². The van der Waals surface area contributed by atoms with Gasteiger partial charge in [0.15, 0.2) is 0 Å². The maximum Gasteiger partial charge on any atom is 0.319 e. The molecule has 5 rings (SSSR count). The number of ether oxygens (including phenoxy) is 1. The third-order valence-electron chi connectivity index (χ3n) is 10.0. The van der Waals surface area contributed by atoms with Crippen LogP contribution >= 0.6 is 0 Å². The first-order chi connectivity index (χ1) is 25.1. The molecule has 0 bridgehead atoms. The Balaban J connectivity index is 1.04. The minimum atomic E-state index is -2.71. The highest BCUT2D eigenvalue weighted by Gasteiger charge is 2.52. The van der Waals surface area contributed by atoms with Gasteiger partial charge in [0.25, 0.3) is 0 Å². The molecular weight excluding hydrogens is 665 g/mol. The molecule has 1 heterocycles. The zero-order chi connectivity index (χ0) is 37.0. The molecule has 0 saturated carbocycles. The van der Waals surface area contributed by atoms with Gasteiger partial charge in [-0.1, -0.05) is 93.6 Å². The number of hydrogen-bond acceptors (Lipinski definition) is 6. The Morgan fingerprint density at radius 1 is 0.846 bits per heavy atom. The maximum absolute atomic E-state index is 12.6. The van der Waals surface area contributed by atoms with Crippen molar-refractivity contribution in [3.8, 4) is 11.5 Å². The molecule has 0 unspecified atom stereocenters. The minimum absolute atomic E-state index is 0.129. The number of nitrogens with one attached hydrogen (secondary N) is 2. The van der Waals surface area contributed by atoms with E-state index >= 15 is 0 Å². The Bertz CT molecular complexity index is 1600. The fourth-order valence-electron chi connectivity index (χ4n) is 7.10. The number of urea groups is 1. The lowest BCUT2D eigenvalue weighted by molar-refractivity contribution is 0.106. The Hall–Kier alpha value is -4.31. The van der Waals surface area contributed by atoms with Gasteiger partial charge in [-0.15, -0.1) is 0 Å². The van der Waals surface area contributed by atoms with Gasteiger partial charge < -0.3 is 34.7 Å². The number of anilines is 1. The maximum atomic E-state index is 12.6. The van der Waals surface area contributed by atoms with E-state index in [2.05, 4.69) is 116 Å². The van der Waals surface area contributed by atoms with Crippen LogP contribution in [0, 0.1) is 0 Å². The molecule has 2 amide bonds. The van der Waals surface area contributed by atoms with Crippen LogP contribution in [0.2, 0.25) is 5.04 Å². The van der Waals surface area contributed by atoms with E-state index in [0.29, 0.717) is 18.3 Å². The molecule has 1 aliphatic heterocycles. The molecular formula is C43H58N4O4Si. The molecule has 278 valence electrons. The van der Waals surface area contributed by atoms with Gasteiger partial charge in [0, 0.05) is 44.5 Å². The van der Waals surface area contributed by atoms with Crippen molar-refractivity contribution in [3.63, 3.8) is 0 Å². The Morgan fingerprint density at radius 2 is 1.40 bits per heavy atom. The lowest BCUT2D eigenvalue weighted by Crippen LogP contribution is -2.68. The normalized spacial score (nSPS) is 14.5. The van der Waals surface area contributed by atoms with Crippen LogP contribution in [0.1, 0.15) is 53.0 Å². The average Bonchev–Trinajstić information content (AvgIpc) is 3.17. The molecule has 0 aliphatic carbocycles. The number of nitrogens with zero attached hydrogens (tertiary/aromatic N) is 2. The highest BCUT2D eigenvalue weighted by Crippen LogP contribution is 2.38. The number of carbonyl (C=O) groups excluding carboxylic acids is 1. The summed E-state index contributed by atoms with van der Waals surface area (Å²) in [4.78, 5) is 16.5. The van der Waals surface area contributed by atoms with Crippen molar-refractivity contribution < 1.29 is 19.1 Å². The van der Waals surface area contributed by atoms with Gasteiger partial charge in [0.1, 0.15) is 24.2 Å². The van der Waals surface area contributed by atoms with Gasteiger partial charge in [0.2, 0.25) is 0 Å². The van der Waals surface area contributed by atoms with Crippen LogP contribution in [0.4, 0.5) is 10.5 Å². The molecule has 3 N–H and O–H groups in total. The van der Waals surface area contributed by atoms with E-state index < -0.39 is 14.4 Å². The zero-order valence-corrected chi connectivity index (χ0v) is 32.7. The van der Waals surface area contributed by atoms with E-state index in [1.54, 1.807) is 0 Å². The van der Waals surface area contributed by atoms with Crippen LogP contribution in [0.25, 0.3) is 0 Å². The molecule has 9 heteroatoms. The van der Waals surface area contributed by atoms with Crippen LogP contribution < -0.4 is 30.2 Å². The van der Waals surface area contributed by atoms with E-state index in [-0.39, 0.29) is 17.7 Å². The van der Waals surface area contributed by atoms with Crippen LogP contribution in [0.5, 0.6) is 11.5 Å². The lowest BCUT2D eigenvalue weighted by atomic mass is 10.0. The summed E-state index contributed by atoms with van der Waals surface area (Å²) < 4.78 is 13.0. The van der Waals surface area contributed by atoms with E-state index in [4.69, 9.17) is 9.16 Å². The second-order valence-corrected chi connectivity index (χ2v) is 18.9. The molecule has 4 aromatic rings. The fourth-order valence-corrected chi connectivity index (χ4v) is 11.5. The van der Waals surface area contributed by atoms with E-state index in [1.165, 1.54) is 15.9 Å². The quantitative estimate of drug-likeness (QED) is 0.0901. The molecule has 52 heavy (non-hydrogen) atoms. The van der Waals surface area contributed by atoms with Gasteiger partial charge in [0.05, 0.1) is 0 Å². The summed E-state index contributed by atoms with van der Waals surface area (Å²) in [5.74, 6) is 1.50. The van der Waals surface area contributed by atoms with Crippen molar-refractivity contribution in [2.45, 2.75) is 71.1 Å². The number of carbonyl (C=O) groups is 1. The second-order valence-electron chi connectivity index (χ2n) is 14.7. The Labute approximate surface area is 312 Å². The summed E-state index contributed by atoms with van der Waals surface area (Å²) in [6, 6.07) is 38.1. The standard InChI is InChI=1S/C43H58N4O4Si/c1-6-46(7-2)42(49)47-30-27-36(28-31-47)45-35-20-18-34(19-21-35)26-29-44-32-37(48)33-50-38-22-24-39(25-23-38)51-52(43(3,4)5,40-14-10-8-11-15-40)41-16-12-9-13-17-41/h8-25,36-37,44-45,48H,6-7,26-33H2,1-5H3/t37-/m0/s1. The van der Waals surface area contributed by atoms with Crippen LogP contribution in [-0.4, -0.2) is 87.3 Å². The van der Waals surface area contributed by atoms with E-state index in [0.717, 1.165) is 63.4 Å². The molecule has 4 aromatic carbocycles. The van der Waals surface area contributed by atoms with Gasteiger partial charge >= 0.3 is 14.3 Å². The zero-order valence-electron chi connectivity index (χ0n) is 31.7. The first kappa shape index (κ1) is 38.9. The van der Waals surface area contributed by atoms with E-state index in [1.807, 2.05) is 47.9 Å². The van der Waals surface area contributed by atoms with E-state index in [9.17, 15) is 9.90 Å². The fraction of sp³-hybridized carbons (Fsp3) is 0.419. The summed E-state index contributed by atoms with van der Waals surface area (Å²) >= 11 is 0. The molecule has 1 saturated heterocycles. The van der Waals surface area contributed by atoms with Crippen molar-refractivity contribution in [2.75, 3.05) is 51.2 Å². The van der Waals surface area contributed by atoms with Crippen molar-refractivity contribution in [2.24, 2.45) is 0 Å². The molecule has 1 fully saturated rings. The minimum Gasteiger partial charge on any atom is -0.534 e. The van der Waals surface area contributed by atoms with Crippen LogP contribution in [0.15, 0.2) is 109 Å². The summed E-state index contributed by atoms with van der Waals surface area (Å²) in [5, 5.41) is 19.9. The summed E-state index contributed by atoms with van der Waals surface area (Å²) in [6.07, 6.45) is 2.14. The highest BCUT2D eigenvalue weighted by molar-refractivity contribution is 7.00. The average molecular weight is 723 g/mol. The Morgan fingerprint density at radius 3 is 1.94 bits per heavy atom. The SMILES string of the molecule is CCN(CC)C(=O)N1CCC(Nc2ccc(CCNC[C@H](O)COc3ccc(O[Si](c4ccccc4)(c4ccccc4)C(C)(C)C)cc3)cc2)CC1. The number of benzene rings is 4. The number of likely N-dealkylation sites (tertiary alicyclic amines) is 1. The molecule has 8 nitrogen and oxygen atoms in total. The van der Waals surface area contributed by atoms with Gasteiger partial charge in [-0.25, -0.2) is 4.79 Å². The van der Waals surface area contributed by atoms with Gasteiger partial charge in [-0.05, 0) is 97.0 Å². The molecule has 1 atom stereocenters. The number of hydrogen-bond donors (Lipinski definition) is 3. The number of aliphatic hydroxyl groups is 1. The Kier molecular flexibility index (Phi) is 13.8. The molecule has 1 aliphatic rings. The van der Waals surface area contributed by atoms with Crippen molar-refractivity contribution in [1.29, 1.82) is 0 Å². The number of aliphatic hydroxyl groups excluding tert-OH is 1. The third kappa shape index (κ3) is 9.96. The lowest BCUT2D eigenvalue weighted by Gasteiger charge is -2.43. The number of rotatable bonds is 16. The second kappa shape index (κ2) is 18.4. The summed E-state index contributed by atoms with van der Waals surface area (Å²) in [5.41, 5.74) is 2.35. The predicted octanol–water partition coefficient (Wildman–Crippen LogP) is 6.54. The number of amides is 2. The van der Waals surface area contributed by atoms with Gasteiger partial charge in [-0.2, -0.15) is 0 Å². The van der Waals surface area contributed by atoms with Crippen molar-refractivity contribution in [1.82, 2.24) is 15.1 Å².